The number of methoxy groups -OCH3 is 1. The number of carbonyl (C=O) groups is 1. The van der Waals surface area contributed by atoms with Crippen molar-refractivity contribution in [3.8, 4) is 28.3 Å². The van der Waals surface area contributed by atoms with Gasteiger partial charge in [-0.25, -0.2) is 9.97 Å². The van der Waals surface area contributed by atoms with Crippen molar-refractivity contribution in [2.75, 3.05) is 7.11 Å². The van der Waals surface area contributed by atoms with Crippen molar-refractivity contribution in [2.24, 2.45) is 0 Å². The maximum Gasteiger partial charge on any atom is 0.251 e. The van der Waals surface area contributed by atoms with Crippen LogP contribution < -0.4 is 10.1 Å². The number of amides is 1. The van der Waals surface area contributed by atoms with Crippen LogP contribution in [0.15, 0.2) is 76.1 Å². The van der Waals surface area contributed by atoms with E-state index in [1.165, 1.54) is 0 Å². The molecule has 1 amide bonds. The fourth-order valence-electron chi connectivity index (χ4n) is 3.42. The highest BCUT2D eigenvalue weighted by Gasteiger charge is 2.15. The largest absolute Gasteiger partial charge is 0.497 e. The van der Waals surface area contributed by atoms with Crippen LogP contribution in [0.1, 0.15) is 15.9 Å². The van der Waals surface area contributed by atoms with Crippen LogP contribution >= 0.6 is 22.7 Å². The Bertz CT molecular complexity index is 1360. The number of fused-ring (bicyclic) bond motifs is 1. The second-order valence-corrected chi connectivity index (χ2v) is 8.74. The topological polar surface area (TPSA) is 64.1 Å². The average Bonchev–Trinajstić information content (AvgIpc) is 3.56. The molecule has 0 bridgehead atoms. The summed E-state index contributed by atoms with van der Waals surface area (Å²) < 4.78 is 5.17. The molecule has 2 aromatic carbocycles. The van der Waals surface area contributed by atoms with Gasteiger partial charge in [0, 0.05) is 34.0 Å². The number of carbonyl (C=O) groups excluding carboxylic acids is 1. The Hall–Kier alpha value is -3.55. The quantitative estimate of drug-likeness (QED) is 0.338. The Kier molecular flexibility index (Phi) is 5.66. The number of benzene rings is 2. The SMILES string of the molecule is COc1ccc(CNC(=O)c2ccc3nc(-c4ccsc4)c(-c4ccsc4)nc3c2)cc1. The molecule has 0 saturated heterocycles. The van der Waals surface area contributed by atoms with E-state index in [2.05, 4.69) is 22.1 Å². The summed E-state index contributed by atoms with van der Waals surface area (Å²) >= 11 is 3.26. The molecule has 0 fully saturated rings. The highest BCUT2D eigenvalue weighted by atomic mass is 32.1. The molecule has 0 unspecified atom stereocenters. The van der Waals surface area contributed by atoms with Crippen LogP contribution in [-0.4, -0.2) is 23.0 Å². The lowest BCUT2D eigenvalue weighted by Gasteiger charge is -2.10. The number of aromatic nitrogens is 2. The van der Waals surface area contributed by atoms with Crippen LogP contribution in [0.25, 0.3) is 33.5 Å². The number of thiophene rings is 2. The average molecular weight is 458 g/mol. The van der Waals surface area contributed by atoms with Crippen LogP contribution in [0.5, 0.6) is 5.75 Å². The molecule has 7 heteroatoms. The van der Waals surface area contributed by atoms with Gasteiger partial charge in [-0.3, -0.25) is 4.79 Å². The molecular weight excluding hydrogens is 438 g/mol. The van der Waals surface area contributed by atoms with E-state index < -0.39 is 0 Å². The van der Waals surface area contributed by atoms with Crippen LogP contribution in [-0.2, 0) is 6.54 Å². The predicted octanol–water partition coefficient (Wildman–Crippen LogP) is 6.03. The van der Waals surface area contributed by atoms with E-state index in [1.54, 1.807) is 41.9 Å². The molecule has 32 heavy (non-hydrogen) atoms. The van der Waals surface area contributed by atoms with Crippen LogP contribution in [0.2, 0.25) is 0 Å². The molecule has 1 N–H and O–H groups in total. The van der Waals surface area contributed by atoms with Crippen LogP contribution in [0.3, 0.4) is 0 Å². The van der Waals surface area contributed by atoms with Gasteiger partial charge in [-0.05, 0) is 58.8 Å². The molecule has 5 aromatic rings. The van der Waals surface area contributed by atoms with E-state index in [0.29, 0.717) is 17.6 Å². The molecule has 5 rings (SSSR count). The molecule has 0 aliphatic carbocycles. The second kappa shape index (κ2) is 8.90. The van der Waals surface area contributed by atoms with Gasteiger partial charge in [0.15, 0.2) is 0 Å². The van der Waals surface area contributed by atoms with Gasteiger partial charge >= 0.3 is 0 Å². The molecule has 5 nitrogen and oxygen atoms in total. The second-order valence-electron chi connectivity index (χ2n) is 7.18. The fraction of sp³-hybridized carbons (Fsp3) is 0.0800. The Labute approximate surface area is 193 Å². The fourth-order valence-corrected chi connectivity index (χ4v) is 4.71. The van der Waals surface area contributed by atoms with Gasteiger partial charge in [-0.1, -0.05) is 12.1 Å². The van der Waals surface area contributed by atoms with Gasteiger partial charge in [-0.15, -0.1) is 0 Å². The van der Waals surface area contributed by atoms with Crippen molar-refractivity contribution < 1.29 is 9.53 Å². The summed E-state index contributed by atoms with van der Waals surface area (Å²) in [5, 5.41) is 11.2. The molecular formula is C25H19N3O2S2. The molecule has 0 aliphatic heterocycles. The standard InChI is InChI=1S/C25H19N3O2S2/c1-30-20-5-2-16(3-6-20)13-26-25(29)17-4-7-21-22(12-17)28-24(19-9-11-32-15-19)23(27-21)18-8-10-31-14-18/h2-12,14-15H,13H2,1H3,(H,26,29). The van der Waals surface area contributed by atoms with Crippen molar-refractivity contribution in [1.29, 1.82) is 0 Å². The minimum absolute atomic E-state index is 0.150. The third-order valence-electron chi connectivity index (χ3n) is 5.13. The van der Waals surface area contributed by atoms with Gasteiger partial charge in [0.1, 0.15) is 5.75 Å². The zero-order valence-corrected chi connectivity index (χ0v) is 18.9. The minimum atomic E-state index is -0.150. The first-order valence-electron chi connectivity index (χ1n) is 9.99. The zero-order chi connectivity index (χ0) is 21.9. The van der Waals surface area contributed by atoms with E-state index in [4.69, 9.17) is 14.7 Å². The van der Waals surface area contributed by atoms with Crippen LogP contribution in [0.4, 0.5) is 0 Å². The smallest absolute Gasteiger partial charge is 0.251 e. The summed E-state index contributed by atoms with van der Waals surface area (Å²) in [6.45, 7) is 0.434. The maximum atomic E-state index is 12.8. The number of hydrogen-bond acceptors (Lipinski definition) is 6. The van der Waals surface area contributed by atoms with Crippen LogP contribution in [0, 0.1) is 0 Å². The summed E-state index contributed by atoms with van der Waals surface area (Å²) in [6.07, 6.45) is 0. The molecule has 0 atom stereocenters. The lowest BCUT2D eigenvalue weighted by Crippen LogP contribution is -2.22. The molecule has 0 radical (unpaired) electrons. The Morgan fingerprint density at radius 2 is 1.53 bits per heavy atom. The Morgan fingerprint density at radius 3 is 2.12 bits per heavy atom. The van der Waals surface area contributed by atoms with Crippen molar-refractivity contribution in [1.82, 2.24) is 15.3 Å². The molecule has 0 spiro atoms. The molecule has 0 saturated carbocycles. The third kappa shape index (κ3) is 4.12. The summed E-state index contributed by atoms with van der Waals surface area (Å²) in [5.41, 5.74) is 6.77. The van der Waals surface area contributed by atoms with E-state index in [1.807, 2.05) is 47.2 Å². The van der Waals surface area contributed by atoms with Gasteiger partial charge in [-0.2, -0.15) is 22.7 Å². The Balaban J connectivity index is 1.45. The van der Waals surface area contributed by atoms with Crippen molar-refractivity contribution in [2.45, 2.75) is 6.54 Å². The van der Waals surface area contributed by atoms with Crippen molar-refractivity contribution in [3.63, 3.8) is 0 Å². The summed E-state index contributed by atoms with van der Waals surface area (Å²) in [4.78, 5) is 22.6. The highest BCUT2D eigenvalue weighted by Crippen LogP contribution is 2.33. The molecule has 3 heterocycles. The number of nitrogens with one attached hydrogen (secondary N) is 1. The summed E-state index contributed by atoms with van der Waals surface area (Å²) in [6, 6.07) is 17.2. The summed E-state index contributed by atoms with van der Waals surface area (Å²) in [5.74, 6) is 0.639. The first-order chi connectivity index (χ1) is 15.7. The monoisotopic (exact) mass is 457 g/mol. The highest BCUT2D eigenvalue weighted by molar-refractivity contribution is 7.08. The van der Waals surface area contributed by atoms with Crippen molar-refractivity contribution >= 4 is 39.6 Å². The first kappa shape index (κ1) is 20.4. The minimum Gasteiger partial charge on any atom is -0.497 e. The lowest BCUT2D eigenvalue weighted by molar-refractivity contribution is 0.0951. The van der Waals surface area contributed by atoms with Crippen molar-refractivity contribution in [3.05, 3.63) is 87.2 Å². The van der Waals surface area contributed by atoms with E-state index in [0.717, 1.165) is 39.3 Å². The van der Waals surface area contributed by atoms with E-state index in [-0.39, 0.29) is 5.91 Å². The van der Waals surface area contributed by atoms with E-state index >= 15 is 0 Å². The number of rotatable bonds is 6. The predicted molar refractivity (Wildman–Crippen MR) is 130 cm³/mol. The number of ether oxygens (including phenoxy) is 1. The maximum absolute atomic E-state index is 12.8. The molecule has 0 aliphatic rings. The summed E-state index contributed by atoms with van der Waals surface area (Å²) in [7, 11) is 1.63. The lowest BCUT2D eigenvalue weighted by atomic mass is 10.1. The Morgan fingerprint density at radius 1 is 0.875 bits per heavy atom. The number of hydrogen-bond donors (Lipinski definition) is 1. The van der Waals surface area contributed by atoms with Gasteiger partial charge in [0.2, 0.25) is 0 Å². The van der Waals surface area contributed by atoms with Gasteiger partial charge in [0.05, 0.1) is 29.5 Å². The first-order valence-corrected chi connectivity index (χ1v) is 11.9. The van der Waals surface area contributed by atoms with Gasteiger partial charge < -0.3 is 10.1 Å². The third-order valence-corrected chi connectivity index (χ3v) is 6.49. The zero-order valence-electron chi connectivity index (χ0n) is 17.2. The molecule has 3 aromatic heterocycles. The normalized spacial score (nSPS) is 10.9. The number of nitrogens with zero attached hydrogens (tertiary/aromatic N) is 2. The van der Waals surface area contributed by atoms with E-state index in [9.17, 15) is 4.79 Å². The molecule has 158 valence electrons. The van der Waals surface area contributed by atoms with Gasteiger partial charge in [0.25, 0.3) is 5.91 Å².